The van der Waals surface area contributed by atoms with Crippen LogP contribution < -0.4 is 9.62 Å². The largest absolute Gasteiger partial charge is 0.274 e. The van der Waals surface area contributed by atoms with Gasteiger partial charge in [-0.2, -0.15) is 15.0 Å². The molecule has 0 aliphatic carbocycles. The Morgan fingerprint density at radius 3 is 2.10 bits per heavy atom. The fourth-order valence-corrected chi connectivity index (χ4v) is 4.51. The average molecular weight is 425 g/mol. The first-order chi connectivity index (χ1) is 14.4. The summed E-state index contributed by atoms with van der Waals surface area (Å²) in [5, 5.41) is 8.11. The van der Waals surface area contributed by atoms with Gasteiger partial charge in [0.2, 0.25) is 21.8 Å². The van der Waals surface area contributed by atoms with E-state index in [9.17, 15) is 18.0 Å². The van der Waals surface area contributed by atoms with E-state index in [2.05, 4.69) is 14.9 Å². The van der Waals surface area contributed by atoms with Crippen LogP contribution in [0.3, 0.4) is 0 Å². The van der Waals surface area contributed by atoms with Gasteiger partial charge >= 0.3 is 0 Å². The number of hydrogen-bond donors (Lipinski definition) is 1. The quantitative estimate of drug-likeness (QED) is 0.576. The third kappa shape index (κ3) is 4.14. The topological polar surface area (TPSA) is 114 Å². The minimum Gasteiger partial charge on any atom is -0.274 e. The molecule has 10 heteroatoms. The number of sulfonamides is 1. The molecule has 1 aliphatic rings. The van der Waals surface area contributed by atoms with Crippen LogP contribution in [0.25, 0.3) is 0 Å². The average Bonchev–Trinajstić information content (AvgIpc) is 3.37. The minimum atomic E-state index is -3.89. The second-order valence-corrected chi connectivity index (χ2v) is 8.50. The summed E-state index contributed by atoms with van der Waals surface area (Å²) in [4.78, 5) is 26.3. The van der Waals surface area contributed by atoms with Crippen LogP contribution in [-0.4, -0.2) is 35.2 Å². The number of benzene rings is 2. The molecule has 3 aromatic rings. The summed E-state index contributed by atoms with van der Waals surface area (Å²) in [6, 6.07) is 14.2. The number of nitrogens with zero attached hydrogens (tertiary/aromatic N) is 4. The molecule has 1 saturated heterocycles. The van der Waals surface area contributed by atoms with E-state index in [0.717, 1.165) is 10.5 Å². The van der Waals surface area contributed by atoms with E-state index in [4.69, 9.17) is 0 Å². The minimum absolute atomic E-state index is 0.0275. The molecule has 1 N–H and O–H groups in total. The normalized spacial score (nSPS) is 15.5. The first-order valence-corrected chi connectivity index (χ1v) is 10.8. The monoisotopic (exact) mass is 425 g/mol. The molecule has 0 radical (unpaired) electrons. The number of nitrogens with one attached hydrogen (secondary N) is 1. The number of hydrogen-bond acceptors (Lipinski definition) is 6. The summed E-state index contributed by atoms with van der Waals surface area (Å²) >= 11 is 0. The fourth-order valence-electron chi connectivity index (χ4n) is 3.29. The highest BCUT2D eigenvalue weighted by Gasteiger charge is 2.30. The number of rotatable bonds is 7. The van der Waals surface area contributed by atoms with Crippen molar-refractivity contribution in [1.82, 2.24) is 19.7 Å². The van der Waals surface area contributed by atoms with Crippen molar-refractivity contribution in [2.24, 2.45) is 0 Å². The van der Waals surface area contributed by atoms with Gasteiger partial charge in [-0.1, -0.05) is 30.3 Å². The number of imide groups is 1. The van der Waals surface area contributed by atoms with E-state index in [0.29, 0.717) is 5.69 Å². The van der Waals surface area contributed by atoms with Crippen LogP contribution in [0, 0.1) is 0 Å². The summed E-state index contributed by atoms with van der Waals surface area (Å²) in [5.74, 6) is -0.575. The molecule has 0 spiro atoms. The molecule has 0 saturated carbocycles. The van der Waals surface area contributed by atoms with Crippen molar-refractivity contribution in [3.05, 3.63) is 72.6 Å². The third-order valence-electron chi connectivity index (χ3n) is 4.77. The number of carbonyl (C=O) groups is 2. The van der Waals surface area contributed by atoms with Crippen molar-refractivity contribution >= 4 is 27.5 Å². The Morgan fingerprint density at radius 2 is 1.50 bits per heavy atom. The number of amides is 2. The standard InChI is InChI=1S/C20H19N5O4S/c26-19-10-11-20(27)25(19)16-6-8-17(9-7-16)30(28,29)23-18(14-24-21-12-13-22-24)15-4-2-1-3-5-15/h1-9,12-13,18,23H,10-11,14H2/t18-/m0/s1. The molecule has 2 amide bonds. The van der Waals surface area contributed by atoms with Crippen molar-refractivity contribution < 1.29 is 18.0 Å². The highest BCUT2D eigenvalue weighted by atomic mass is 32.2. The van der Waals surface area contributed by atoms with Gasteiger partial charge < -0.3 is 0 Å². The molecule has 1 fully saturated rings. The van der Waals surface area contributed by atoms with Crippen molar-refractivity contribution in [2.45, 2.75) is 30.3 Å². The second-order valence-electron chi connectivity index (χ2n) is 6.79. The zero-order valence-electron chi connectivity index (χ0n) is 15.9. The Hall–Kier alpha value is -3.37. The molecule has 154 valence electrons. The van der Waals surface area contributed by atoms with Crippen LogP contribution in [-0.2, 0) is 26.2 Å². The molecule has 2 aromatic carbocycles. The molecule has 1 aromatic heterocycles. The van der Waals surface area contributed by atoms with Gasteiger partial charge in [0.05, 0.1) is 35.6 Å². The van der Waals surface area contributed by atoms with Gasteiger partial charge in [-0.15, -0.1) is 0 Å². The van der Waals surface area contributed by atoms with Crippen LogP contribution >= 0.6 is 0 Å². The summed E-state index contributed by atoms with van der Waals surface area (Å²) < 4.78 is 28.7. The van der Waals surface area contributed by atoms with E-state index < -0.39 is 16.1 Å². The van der Waals surface area contributed by atoms with Crippen molar-refractivity contribution in [2.75, 3.05) is 4.90 Å². The van der Waals surface area contributed by atoms with Gasteiger partial charge in [0, 0.05) is 12.8 Å². The fraction of sp³-hybridized carbons (Fsp3) is 0.200. The van der Waals surface area contributed by atoms with Crippen molar-refractivity contribution in [3.8, 4) is 0 Å². The van der Waals surface area contributed by atoms with E-state index >= 15 is 0 Å². The zero-order valence-corrected chi connectivity index (χ0v) is 16.7. The number of aromatic nitrogens is 3. The van der Waals surface area contributed by atoms with E-state index in [1.165, 1.54) is 41.5 Å². The van der Waals surface area contributed by atoms with Crippen LogP contribution in [0.4, 0.5) is 5.69 Å². The van der Waals surface area contributed by atoms with Crippen LogP contribution in [0.5, 0.6) is 0 Å². The van der Waals surface area contributed by atoms with Gasteiger partial charge in [0.15, 0.2) is 0 Å². The molecule has 1 aliphatic heterocycles. The van der Waals surface area contributed by atoms with E-state index in [-0.39, 0.29) is 36.1 Å². The van der Waals surface area contributed by atoms with Gasteiger partial charge in [0.25, 0.3) is 0 Å². The van der Waals surface area contributed by atoms with Gasteiger partial charge in [0.1, 0.15) is 0 Å². The maximum absolute atomic E-state index is 13.0. The zero-order chi connectivity index (χ0) is 21.1. The Kier molecular flexibility index (Phi) is 5.42. The molecular weight excluding hydrogens is 406 g/mol. The Balaban J connectivity index is 1.58. The maximum Gasteiger partial charge on any atom is 0.241 e. The lowest BCUT2D eigenvalue weighted by Gasteiger charge is -2.19. The first-order valence-electron chi connectivity index (χ1n) is 9.31. The summed E-state index contributed by atoms with van der Waals surface area (Å²) in [5.41, 5.74) is 1.13. The van der Waals surface area contributed by atoms with Gasteiger partial charge in [-0.25, -0.2) is 13.1 Å². The molecule has 0 bridgehead atoms. The summed E-state index contributed by atoms with van der Waals surface area (Å²) in [7, 11) is -3.89. The maximum atomic E-state index is 13.0. The smallest absolute Gasteiger partial charge is 0.241 e. The highest BCUT2D eigenvalue weighted by Crippen LogP contribution is 2.25. The predicted octanol–water partition coefficient (Wildman–Crippen LogP) is 1.65. The van der Waals surface area contributed by atoms with Crippen molar-refractivity contribution in [3.63, 3.8) is 0 Å². The van der Waals surface area contributed by atoms with Crippen LogP contribution in [0.15, 0.2) is 71.9 Å². The van der Waals surface area contributed by atoms with Crippen LogP contribution in [0.1, 0.15) is 24.4 Å². The Labute approximate surface area is 173 Å². The first kappa shape index (κ1) is 19.9. The Morgan fingerprint density at radius 1 is 0.900 bits per heavy atom. The lowest BCUT2D eigenvalue weighted by atomic mass is 10.1. The molecular formula is C20H19N5O4S. The molecule has 1 atom stereocenters. The molecule has 0 unspecified atom stereocenters. The van der Waals surface area contributed by atoms with E-state index in [1.54, 1.807) is 0 Å². The SMILES string of the molecule is O=C1CCC(=O)N1c1ccc(S(=O)(=O)N[C@@H](Cn2nccn2)c2ccccc2)cc1. The Bertz CT molecular complexity index is 1130. The molecule has 4 rings (SSSR count). The lowest BCUT2D eigenvalue weighted by molar-refractivity contribution is -0.121. The number of anilines is 1. The van der Waals surface area contributed by atoms with Crippen LogP contribution in [0.2, 0.25) is 0 Å². The molecule has 2 heterocycles. The number of carbonyl (C=O) groups excluding carboxylic acids is 2. The van der Waals surface area contributed by atoms with Gasteiger partial charge in [-0.3, -0.25) is 14.5 Å². The lowest BCUT2D eigenvalue weighted by Crippen LogP contribution is -2.32. The molecule has 30 heavy (non-hydrogen) atoms. The summed E-state index contributed by atoms with van der Waals surface area (Å²) in [6.45, 7) is 0.213. The summed E-state index contributed by atoms with van der Waals surface area (Å²) in [6.07, 6.45) is 3.38. The van der Waals surface area contributed by atoms with Gasteiger partial charge in [-0.05, 0) is 29.8 Å². The molecule has 9 nitrogen and oxygen atoms in total. The third-order valence-corrected chi connectivity index (χ3v) is 6.26. The highest BCUT2D eigenvalue weighted by molar-refractivity contribution is 7.89. The predicted molar refractivity (Wildman–Crippen MR) is 108 cm³/mol. The van der Waals surface area contributed by atoms with Crippen molar-refractivity contribution in [1.29, 1.82) is 0 Å². The second kappa shape index (κ2) is 8.17. The van der Waals surface area contributed by atoms with E-state index in [1.807, 2.05) is 30.3 Å².